The van der Waals surface area contributed by atoms with Crippen LogP contribution in [0.25, 0.3) is 0 Å². The van der Waals surface area contributed by atoms with Gasteiger partial charge in [0.15, 0.2) is 10.9 Å². The van der Waals surface area contributed by atoms with Crippen LogP contribution in [0.5, 0.6) is 5.75 Å². The van der Waals surface area contributed by atoms with Crippen LogP contribution in [0.1, 0.15) is 10.4 Å². The first-order chi connectivity index (χ1) is 9.11. The number of hydrogen-bond donors (Lipinski definition) is 0. The van der Waals surface area contributed by atoms with E-state index in [9.17, 15) is 4.79 Å². The third-order valence-corrected chi connectivity index (χ3v) is 3.94. The number of halogens is 1. The number of hydrogen-bond acceptors (Lipinski definition) is 4. The minimum absolute atomic E-state index is 0.0116. The van der Waals surface area contributed by atoms with Gasteiger partial charge in [-0.3, -0.25) is 4.79 Å². The van der Waals surface area contributed by atoms with Crippen LogP contribution in [-0.2, 0) is 7.05 Å². The molecule has 0 aliphatic carbocycles. The number of carbonyl (C=O) groups excluding carboxylic acids is 1. The molecule has 1 heterocycles. The molecule has 0 saturated heterocycles. The van der Waals surface area contributed by atoms with E-state index in [1.165, 1.54) is 11.8 Å². The predicted molar refractivity (Wildman–Crippen MR) is 76.3 cm³/mol. The molecule has 4 nitrogen and oxygen atoms in total. The molecule has 0 radical (unpaired) electrons. The van der Waals surface area contributed by atoms with Crippen molar-refractivity contribution in [2.24, 2.45) is 7.05 Å². The number of ether oxygens (including phenoxy) is 1. The van der Waals surface area contributed by atoms with E-state index in [1.54, 1.807) is 31.5 Å². The summed E-state index contributed by atoms with van der Waals surface area (Å²) in [6, 6.07) is 5.04. The lowest BCUT2D eigenvalue weighted by Gasteiger charge is -2.05. The van der Waals surface area contributed by atoms with Crippen LogP contribution in [-0.4, -0.2) is 28.2 Å². The number of imidazole rings is 1. The average Bonchev–Trinajstić information content (AvgIpc) is 2.81. The maximum atomic E-state index is 12.0. The molecule has 0 atom stereocenters. The Kier molecular flexibility index (Phi) is 4.50. The Labute approximate surface area is 120 Å². The van der Waals surface area contributed by atoms with Crippen molar-refractivity contribution < 1.29 is 9.53 Å². The molecule has 19 heavy (non-hydrogen) atoms. The number of ketones is 1. The van der Waals surface area contributed by atoms with Crippen molar-refractivity contribution in [1.82, 2.24) is 9.55 Å². The van der Waals surface area contributed by atoms with Crippen LogP contribution in [0, 0.1) is 0 Å². The molecular formula is C13H13ClN2O2S. The molecule has 1 aromatic carbocycles. The van der Waals surface area contributed by atoms with Crippen LogP contribution in [0.3, 0.4) is 0 Å². The van der Waals surface area contributed by atoms with Crippen molar-refractivity contribution in [1.29, 1.82) is 0 Å². The summed E-state index contributed by atoms with van der Waals surface area (Å²) < 4.78 is 6.93. The summed E-state index contributed by atoms with van der Waals surface area (Å²) in [5.41, 5.74) is 0.576. The van der Waals surface area contributed by atoms with Crippen molar-refractivity contribution in [3.8, 4) is 5.75 Å². The quantitative estimate of drug-likeness (QED) is 0.628. The molecule has 2 rings (SSSR count). The number of nitrogens with zero attached hydrogens (tertiary/aromatic N) is 2. The number of rotatable bonds is 5. The Morgan fingerprint density at radius 1 is 1.53 bits per heavy atom. The lowest BCUT2D eigenvalue weighted by Crippen LogP contribution is -2.03. The first kappa shape index (κ1) is 14.0. The van der Waals surface area contributed by atoms with Crippen molar-refractivity contribution >= 4 is 29.1 Å². The molecule has 2 aromatic rings. The fraction of sp³-hybridized carbons (Fsp3) is 0.231. The maximum absolute atomic E-state index is 12.0. The molecule has 1 aromatic heterocycles. The highest BCUT2D eigenvalue weighted by atomic mass is 35.5. The first-order valence-electron chi connectivity index (χ1n) is 5.58. The molecule has 0 aliphatic heterocycles. The Morgan fingerprint density at radius 2 is 2.32 bits per heavy atom. The summed E-state index contributed by atoms with van der Waals surface area (Å²) >= 11 is 7.40. The Hall–Kier alpha value is -1.46. The summed E-state index contributed by atoms with van der Waals surface area (Å²) in [7, 11) is 3.43. The molecule has 0 spiro atoms. The van der Waals surface area contributed by atoms with Gasteiger partial charge in [-0.1, -0.05) is 23.4 Å². The van der Waals surface area contributed by atoms with Gasteiger partial charge in [0.2, 0.25) is 0 Å². The van der Waals surface area contributed by atoms with E-state index in [0.717, 1.165) is 5.16 Å². The zero-order chi connectivity index (χ0) is 13.8. The number of Topliss-reactive ketones (excluding diaryl/α,β-unsaturated/α-hetero) is 1. The van der Waals surface area contributed by atoms with Crippen LogP contribution >= 0.6 is 23.4 Å². The Morgan fingerprint density at radius 3 is 2.89 bits per heavy atom. The minimum atomic E-state index is 0.0116. The number of aromatic nitrogens is 2. The third kappa shape index (κ3) is 3.30. The number of benzene rings is 1. The summed E-state index contributed by atoms with van der Waals surface area (Å²) in [4.78, 5) is 16.2. The van der Waals surface area contributed by atoms with E-state index < -0.39 is 0 Å². The molecule has 0 amide bonds. The van der Waals surface area contributed by atoms with E-state index >= 15 is 0 Å². The molecular weight excluding hydrogens is 284 g/mol. The number of methoxy groups -OCH3 is 1. The second-order valence-electron chi connectivity index (χ2n) is 3.88. The molecule has 0 unspecified atom stereocenters. The topological polar surface area (TPSA) is 44.1 Å². The van der Waals surface area contributed by atoms with Gasteiger partial charge in [0.25, 0.3) is 0 Å². The van der Waals surface area contributed by atoms with Crippen LogP contribution in [0.15, 0.2) is 35.7 Å². The zero-order valence-corrected chi connectivity index (χ0v) is 12.2. The molecule has 0 fully saturated rings. The van der Waals surface area contributed by atoms with Gasteiger partial charge in [0, 0.05) is 25.0 Å². The Bertz CT molecular complexity index is 598. The second kappa shape index (κ2) is 6.12. The van der Waals surface area contributed by atoms with E-state index in [0.29, 0.717) is 22.1 Å². The SMILES string of the molecule is COc1ccc(C(=O)CSc2nccn2C)cc1Cl. The van der Waals surface area contributed by atoms with Crippen molar-refractivity contribution in [3.63, 3.8) is 0 Å². The van der Waals surface area contributed by atoms with Gasteiger partial charge < -0.3 is 9.30 Å². The largest absolute Gasteiger partial charge is 0.495 e. The Balaban J connectivity index is 2.04. The molecule has 6 heteroatoms. The van der Waals surface area contributed by atoms with Gasteiger partial charge in [-0.15, -0.1) is 0 Å². The predicted octanol–water partition coefficient (Wildman–Crippen LogP) is 3.06. The van der Waals surface area contributed by atoms with Crippen LogP contribution < -0.4 is 4.74 Å². The highest BCUT2D eigenvalue weighted by Gasteiger charge is 2.11. The maximum Gasteiger partial charge on any atom is 0.173 e. The fourth-order valence-corrected chi connectivity index (χ4v) is 2.63. The summed E-state index contributed by atoms with van der Waals surface area (Å²) in [6.07, 6.45) is 3.55. The second-order valence-corrected chi connectivity index (χ2v) is 5.23. The van der Waals surface area contributed by atoms with Gasteiger partial charge in [0.1, 0.15) is 5.75 Å². The zero-order valence-electron chi connectivity index (χ0n) is 10.6. The van der Waals surface area contributed by atoms with Gasteiger partial charge >= 0.3 is 0 Å². The standard InChI is InChI=1S/C13H13ClN2O2S/c1-16-6-5-15-13(16)19-8-11(17)9-3-4-12(18-2)10(14)7-9/h3-7H,8H2,1-2H3. The summed E-state index contributed by atoms with van der Waals surface area (Å²) in [6.45, 7) is 0. The summed E-state index contributed by atoms with van der Waals surface area (Å²) in [5, 5.41) is 1.25. The average molecular weight is 297 g/mol. The van der Waals surface area contributed by atoms with Crippen molar-refractivity contribution in [3.05, 3.63) is 41.2 Å². The highest BCUT2D eigenvalue weighted by molar-refractivity contribution is 7.99. The van der Waals surface area contributed by atoms with E-state index in [1.807, 2.05) is 17.8 Å². The molecule has 0 bridgehead atoms. The van der Waals surface area contributed by atoms with E-state index in [-0.39, 0.29) is 5.78 Å². The molecule has 0 saturated carbocycles. The monoisotopic (exact) mass is 296 g/mol. The van der Waals surface area contributed by atoms with Gasteiger partial charge in [-0.2, -0.15) is 0 Å². The smallest absolute Gasteiger partial charge is 0.173 e. The normalized spacial score (nSPS) is 10.5. The van der Waals surface area contributed by atoms with Crippen molar-refractivity contribution in [2.75, 3.05) is 12.9 Å². The number of thioether (sulfide) groups is 1. The molecule has 0 N–H and O–H groups in total. The lowest BCUT2D eigenvalue weighted by molar-refractivity contribution is 0.102. The van der Waals surface area contributed by atoms with Crippen LogP contribution in [0.2, 0.25) is 5.02 Å². The summed E-state index contributed by atoms with van der Waals surface area (Å²) in [5.74, 6) is 0.903. The molecule has 100 valence electrons. The van der Waals surface area contributed by atoms with Gasteiger partial charge in [-0.05, 0) is 18.2 Å². The lowest BCUT2D eigenvalue weighted by atomic mass is 10.1. The first-order valence-corrected chi connectivity index (χ1v) is 6.95. The van der Waals surface area contributed by atoms with E-state index in [4.69, 9.17) is 16.3 Å². The van der Waals surface area contributed by atoms with E-state index in [2.05, 4.69) is 4.98 Å². The number of carbonyl (C=O) groups is 1. The fourth-order valence-electron chi connectivity index (χ4n) is 1.54. The highest BCUT2D eigenvalue weighted by Crippen LogP contribution is 2.26. The van der Waals surface area contributed by atoms with Gasteiger partial charge in [0.05, 0.1) is 17.9 Å². The molecule has 0 aliphatic rings. The number of aryl methyl sites for hydroxylation is 1. The third-order valence-electron chi connectivity index (χ3n) is 2.58. The van der Waals surface area contributed by atoms with Crippen LogP contribution in [0.4, 0.5) is 0 Å². The van der Waals surface area contributed by atoms with Crippen molar-refractivity contribution in [2.45, 2.75) is 5.16 Å². The van der Waals surface area contributed by atoms with Gasteiger partial charge in [-0.25, -0.2) is 4.98 Å². The minimum Gasteiger partial charge on any atom is -0.495 e.